The number of rotatable bonds is 8. The number of halogens is 1. The topological polar surface area (TPSA) is 50.8 Å². The minimum absolute atomic E-state index is 0.126. The minimum Gasteiger partial charge on any atom is -0.491 e. The molecule has 2 atom stereocenters. The molecular formula is C22H27FN2O3. The second kappa shape index (κ2) is 9.66. The summed E-state index contributed by atoms with van der Waals surface area (Å²) in [7, 11) is 3.81. The highest BCUT2D eigenvalue weighted by molar-refractivity contribution is 5.94. The van der Waals surface area contributed by atoms with Crippen LogP contribution in [0, 0.1) is 5.82 Å². The van der Waals surface area contributed by atoms with Crippen LogP contribution >= 0.6 is 0 Å². The zero-order valence-electron chi connectivity index (χ0n) is 16.4. The standard InChI is InChI=1S/C22H27FN2O3/c1-25(2)21(16-6-3-8-18(23)12-16)14-24-22(26)17-7-4-9-19(13-17)28-15-20-10-5-11-27-20/h3-4,6-9,12-13,20-21H,5,10-11,14-15H2,1-2H3,(H,24,26)/t20-,21+/m0/s1. The monoisotopic (exact) mass is 386 g/mol. The number of carbonyl (C=O) groups is 1. The molecule has 150 valence electrons. The summed E-state index contributed by atoms with van der Waals surface area (Å²) in [5.74, 6) is 0.176. The van der Waals surface area contributed by atoms with E-state index in [4.69, 9.17) is 9.47 Å². The smallest absolute Gasteiger partial charge is 0.251 e. The summed E-state index contributed by atoms with van der Waals surface area (Å²) in [6, 6.07) is 13.4. The van der Waals surface area contributed by atoms with Gasteiger partial charge in [0.1, 0.15) is 18.2 Å². The van der Waals surface area contributed by atoms with Gasteiger partial charge in [0, 0.05) is 18.7 Å². The van der Waals surface area contributed by atoms with E-state index in [1.807, 2.05) is 31.1 Å². The first-order valence-corrected chi connectivity index (χ1v) is 9.57. The lowest BCUT2D eigenvalue weighted by molar-refractivity contribution is 0.0679. The van der Waals surface area contributed by atoms with Crippen molar-refractivity contribution >= 4 is 5.91 Å². The van der Waals surface area contributed by atoms with E-state index in [9.17, 15) is 9.18 Å². The van der Waals surface area contributed by atoms with Crippen molar-refractivity contribution in [3.8, 4) is 5.75 Å². The van der Waals surface area contributed by atoms with E-state index in [2.05, 4.69) is 5.32 Å². The van der Waals surface area contributed by atoms with Crippen molar-refractivity contribution in [1.82, 2.24) is 10.2 Å². The quantitative estimate of drug-likeness (QED) is 0.755. The highest BCUT2D eigenvalue weighted by Crippen LogP contribution is 2.20. The van der Waals surface area contributed by atoms with Gasteiger partial charge in [-0.3, -0.25) is 4.79 Å². The molecule has 2 aromatic carbocycles. The molecule has 0 bridgehead atoms. The molecule has 0 unspecified atom stereocenters. The van der Waals surface area contributed by atoms with E-state index >= 15 is 0 Å². The van der Waals surface area contributed by atoms with Gasteiger partial charge in [0.15, 0.2) is 0 Å². The third-order valence-corrected chi connectivity index (χ3v) is 4.87. The zero-order valence-corrected chi connectivity index (χ0v) is 16.4. The normalized spacial score (nSPS) is 17.5. The minimum atomic E-state index is -0.285. The van der Waals surface area contributed by atoms with Gasteiger partial charge in [0.2, 0.25) is 0 Å². The van der Waals surface area contributed by atoms with Crippen molar-refractivity contribution in [2.24, 2.45) is 0 Å². The summed E-state index contributed by atoms with van der Waals surface area (Å²) in [6.45, 7) is 1.65. The van der Waals surface area contributed by atoms with Crippen LogP contribution in [0.2, 0.25) is 0 Å². The van der Waals surface area contributed by atoms with E-state index in [1.165, 1.54) is 12.1 Å². The molecular weight excluding hydrogens is 359 g/mol. The summed E-state index contributed by atoms with van der Waals surface area (Å²) in [5, 5.41) is 2.94. The third kappa shape index (κ3) is 5.53. The van der Waals surface area contributed by atoms with Gasteiger partial charge in [-0.2, -0.15) is 0 Å². The molecule has 1 saturated heterocycles. The molecule has 2 aromatic rings. The molecule has 1 amide bonds. The average molecular weight is 386 g/mol. The number of nitrogens with zero attached hydrogens (tertiary/aromatic N) is 1. The van der Waals surface area contributed by atoms with Crippen molar-refractivity contribution in [2.45, 2.75) is 25.0 Å². The molecule has 0 spiro atoms. The van der Waals surface area contributed by atoms with Crippen LogP contribution in [0.4, 0.5) is 4.39 Å². The predicted octanol–water partition coefficient (Wildman–Crippen LogP) is 3.42. The molecule has 0 aliphatic carbocycles. The van der Waals surface area contributed by atoms with Crippen LogP contribution in [-0.2, 0) is 4.74 Å². The van der Waals surface area contributed by atoms with Gasteiger partial charge in [0.25, 0.3) is 5.91 Å². The summed E-state index contributed by atoms with van der Waals surface area (Å²) in [4.78, 5) is 14.6. The first-order chi connectivity index (χ1) is 13.5. The molecule has 6 heteroatoms. The Bertz CT molecular complexity index is 791. The number of amides is 1. The Balaban J connectivity index is 1.59. The maximum absolute atomic E-state index is 13.6. The molecule has 3 rings (SSSR count). The second-order valence-electron chi connectivity index (χ2n) is 7.22. The van der Waals surface area contributed by atoms with Gasteiger partial charge < -0.3 is 19.7 Å². The van der Waals surface area contributed by atoms with Gasteiger partial charge in [-0.25, -0.2) is 4.39 Å². The fraction of sp³-hybridized carbons (Fsp3) is 0.409. The van der Waals surface area contributed by atoms with Crippen molar-refractivity contribution < 1.29 is 18.7 Å². The largest absolute Gasteiger partial charge is 0.491 e. The van der Waals surface area contributed by atoms with E-state index in [0.29, 0.717) is 24.5 Å². The molecule has 1 fully saturated rings. The van der Waals surface area contributed by atoms with E-state index in [-0.39, 0.29) is 23.9 Å². The molecule has 1 N–H and O–H groups in total. The summed E-state index contributed by atoms with van der Waals surface area (Å²) in [6.07, 6.45) is 2.20. The highest BCUT2D eigenvalue weighted by Gasteiger charge is 2.18. The van der Waals surface area contributed by atoms with Gasteiger partial charge in [-0.05, 0) is 62.8 Å². The van der Waals surface area contributed by atoms with Gasteiger partial charge >= 0.3 is 0 Å². The summed E-state index contributed by atoms with van der Waals surface area (Å²) >= 11 is 0. The Morgan fingerprint density at radius 1 is 1.29 bits per heavy atom. The summed E-state index contributed by atoms with van der Waals surface area (Å²) < 4.78 is 24.9. The van der Waals surface area contributed by atoms with Crippen molar-refractivity contribution in [3.63, 3.8) is 0 Å². The average Bonchev–Trinajstić information content (AvgIpc) is 3.20. The van der Waals surface area contributed by atoms with Crippen molar-refractivity contribution in [3.05, 3.63) is 65.5 Å². The molecule has 28 heavy (non-hydrogen) atoms. The first-order valence-electron chi connectivity index (χ1n) is 9.57. The lowest BCUT2D eigenvalue weighted by Gasteiger charge is -2.25. The van der Waals surface area contributed by atoms with Crippen LogP contribution in [0.5, 0.6) is 5.75 Å². The zero-order chi connectivity index (χ0) is 19.9. The first kappa shape index (κ1) is 20.3. The Hall–Kier alpha value is -2.44. The molecule has 1 aliphatic heterocycles. The van der Waals surface area contributed by atoms with Crippen molar-refractivity contribution in [1.29, 1.82) is 0 Å². The van der Waals surface area contributed by atoms with Crippen LogP contribution in [0.25, 0.3) is 0 Å². The van der Waals surface area contributed by atoms with E-state index in [1.54, 1.807) is 24.3 Å². The molecule has 1 aliphatic rings. The van der Waals surface area contributed by atoms with E-state index < -0.39 is 0 Å². The molecule has 1 heterocycles. The maximum atomic E-state index is 13.6. The lowest BCUT2D eigenvalue weighted by Crippen LogP contribution is -2.34. The third-order valence-electron chi connectivity index (χ3n) is 4.87. The van der Waals surface area contributed by atoms with Crippen LogP contribution in [0.1, 0.15) is 34.8 Å². The van der Waals surface area contributed by atoms with Crippen LogP contribution in [0.15, 0.2) is 48.5 Å². The van der Waals surface area contributed by atoms with E-state index in [0.717, 1.165) is 25.0 Å². The number of hydrogen-bond acceptors (Lipinski definition) is 4. The Kier molecular flexibility index (Phi) is 7.01. The SMILES string of the molecule is CN(C)[C@H](CNC(=O)c1cccc(OC[C@@H]2CCCO2)c1)c1cccc(F)c1. The molecule has 0 saturated carbocycles. The number of nitrogens with one attached hydrogen (secondary N) is 1. The van der Waals surface area contributed by atoms with Crippen molar-refractivity contribution in [2.75, 3.05) is 33.9 Å². The number of hydrogen-bond donors (Lipinski definition) is 1. The molecule has 5 nitrogen and oxygen atoms in total. The number of likely N-dealkylation sites (N-methyl/N-ethyl adjacent to an activating group) is 1. The number of benzene rings is 2. The number of carbonyl (C=O) groups excluding carboxylic acids is 1. The summed E-state index contributed by atoms with van der Waals surface area (Å²) in [5.41, 5.74) is 1.35. The number of ether oxygens (including phenoxy) is 2. The van der Waals surface area contributed by atoms with Crippen LogP contribution < -0.4 is 10.1 Å². The fourth-order valence-corrected chi connectivity index (χ4v) is 3.30. The van der Waals surface area contributed by atoms with Crippen LogP contribution in [0.3, 0.4) is 0 Å². The maximum Gasteiger partial charge on any atom is 0.251 e. The Morgan fingerprint density at radius 2 is 2.11 bits per heavy atom. The lowest BCUT2D eigenvalue weighted by atomic mass is 10.1. The molecule has 0 aromatic heterocycles. The molecule has 0 radical (unpaired) electrons. The van der Waals surface area contributed by atoms with Gasteiger partial charge in [-0.1, -0.05) is 18.2 Å². The van der Waals surface area contributed by atoms with Gasteiger partial charge in [0.05, 0.1) is 12.1 Å². The predicted molar refractivity (Wildman–Crippen MR) is 106 cm³/mol. The van der Waals surface area contributed by atoms with Crippen LogP contribution in [-0.4, -0.2) is 50.8 Å². The second-order valence-corrected chi connectivity index (χ2v) is 7.22. The fourth-order valence-electron chi connectivity index (χ4n) is 3.30. The Labute approximate surface area is 165 Å². The highest BCUT2D eigenvalue weighted by atomic mass is 19.1. The Morgan fingerprint density at radius 3 is 2.82 bits per heavy atom. The van der Waals surface area contributed by atoms with Gasteiger partial charge in [-0.15, -0.1) is 0 Å².